The van der Waals surface area contributed by atoms with E-state index in [0.717, 1.165) is 38.3 Å². The van der Waals surface area contributed by atoms with Gasteiger partial charge in [-0.2, -0.15) is 0 Å². The summed E-state index contributed by atoms with van der Waals surface area (Å²) in [6.45, 7) is 1.68. The number of aliphatic hydroxyl groups excluding tert-OH is 1. The molecule has 0 unspecified atom stereocenters. The molecule has 23 heavy (non-hydrogen) atoms. The Bertz CT molecular complexity index is 518. The summed E-state index contributed by atoms with van der Waals surface area (Å²) < 4.78 is 0. The molecule has 1 aromatic heterocycles. The molecule has 2 fully saturated rings. The summed E-state index contributed by atoms with van der Waals surface area (Å²) in [6, 6.07) is 1.81. The highest BCUT2D eigenvalue weighted by Crippen LogP contribution is 2.24. The molecule has 0 aromatic carbocycles. The van der Waals surface area contributed by atoms with Gasteiger partial charge in [-0.15, -0.1) is 0 Å². The molecular weight excluding hydrogens is 294 g/mol. The minimum absolute atomic E-state index is 0.0605. The van der Waals surface area contributed by atoms with Gasteiger partial charge in [-0.1, -0.05) is 0 Å². The number of nitrogens with zero attached hydrogens (tertiary/aromatic N) is 3. The highest BCUT2D eigenvalue weighted by atomic mass is 16.3. The van der Waals surface area contributed by atoms with Crippen LogP contribution in [0, 0.1) is 5.92 Å². The monoisotopic (exact) mass is 319 g/mol. The summed E-state index contributed by atoms with van der Waals surface area (Å²) in [6.07, 6.45) is 6.66. The Morgan fingerprint density at radius 1 is 1.22 bits per heavy atom. The third-order valence-electron chi connectivity index (χ3n) is 4.92. The van der Waals surface area contributed by atoms with Crippen molar-refractivity contribution in [2.75, 3.05) is 18.0 Å². The summed E-state index contributed by atoms with van der Waals surface area (Å²) in [5.41, 5.74) is 5.80. The molecule has 1 aliphatic heterocycles. The number of rotatable bonds is 3. The van der Waals surface area contributed by atoms with E-state index in [-0.39, 0.29) is 23.9 Å². The van der Waals surface area contributed by atoms with Crippen molar-refractivity contribution in [3.05, 3.63) is 18.5 Å². The first kappa shape index (κ1) is 16.1. The van der Waals surface area contributed by atoms with Crippen LogP contribution in [0.5, 0.6) is 0 Å². The molecule has 2 heterocycles. The average Bonchev–Trinajstić information content (AvgIpc) is 2.59. The maximum Gasteiger partial charge on any atom is 0.225 e. The topological polar surface area (TPSA) is 104 Å². The lowest BCUT2D eigenvalue weighted by atomic mass is 9.83. The quantitative estimate of drug-likeness (QED) is 0.727. The number of aromatic nitrogens is 2. The second-order valence-corrected chi connectivity index (χ2v) is 6.56. The molecule has 0 bridgehead atoms. The van der Waals surface area contributed by atoms with Gasteiger partial charge in [0.05, 0.1) is 6.10 Å². The van der Waals surface area contributed by atoms with E-state index in [4.69, 9.17) is 5.73 Å². The molecule has 1 aromatic rings. The second-order valence-electron chi connectivity index (χ2n) is 6.56. The van der Waals surface area contributed by atoms with E-state index in [1.165, 1.54) is 0 Å². The normalized spacial score (nSPS) is 29.3. The number of carbonyl (C=O) groups is 1. The number of aliphatic hydroxyl groups is 1. The molecule has 4 N–H and O–H groups in total. The van der Waals surface area contributed by atoms with Gasteiger partial charge in [-0.25, -0.2) is 9.97 Å². The van der Waals surface area contributed by atoms with Crippen molar-refractivity contribution >= 4 is 11.9 Å². The summed E-state index contributed by atoms with van der Waals surface area (Å²) in [5.74, 6) is 0.701. The van der Waals surface area contributed by atoms with Crippen LogP contribution in [0.1, 0.15) is 32.1 Å². The fraction of sp³-hybridized carbons (Fsp3) is 0.688. The van der Waals surface area contributed by atoms with Crippen LogP contribution < -0.4 is 16.0 Å². The lowest BCUT2D eigenvalue weighted by Gasteiger charge is -2.34. The van der Waals surface area contributed by atoms with Gasteiger partial charge in [-0.05, 0) is 38.2 Å². The SMILES string of the molecule is N[C@H]1CC[C@H](C(=O)NC2CCN(c3ncccn3)CC2)C[C@@H]1O. The van der Waals surface area contributed by atoms with Gasteiger partial charge < -0.3 is 21.1 Å². The first-order valence-corrected chi connectivity index (χ1v) is 8.39. The van der Waals surface area contributed by atoms with Crippen LogP contribution in [-0.2, 0) is 4.79 Å². The van der Waals surface area contributed by atoms with Gasteiger partial charge in [0.1, 0.15) is 0 Å². The molecule has 1 aliphatic carbocycles. The Morgan fingerprint density at radius 2 is 1.91 bits per heavy atom. The van der Waals surface area contributed by atoms with Crippen molar-refractivity contribution in [1.29, 1.82) is 0 Å². The van der Waals surface area contributed by atoms with E-state index in [0.29, 0.717) is 12.8 Å². The zero-order chi connectivity index (χ0) is 16.2. The number of anilines is 1. The van der Waals surface area contributed by atoms with Crippen molar-refractivity contribution in [2.45, 2.75) is 50.3 Å². The predicted molar refractivity (Wildman–Crippen MR) is 86.7 cm³/mol. The van der Waals surface area contributed by atoms with Crippen molar-refractivity contribution in [3.63, 3.8) is 0 Å². The van der Waals surface area contributed by atoms with Gasteiger partial charge in [0.15, 0.2) is 0 Å². The molecular formula is C16H25N5O2. The first-order valence-electron chi connectivity index (χ1n) is 8.39. The smallest absolute Gasteiger partial charge is 0.225 e. The van der Waals surface area contributed by atoms with Crippen LogP contribution in [0.25, 0.3) is 0 Å². The zero-order valence-corrected chi connectivity index (χ0v) is 13.3. The van der Waals surface area contributed by atoms with Crippen LogP contribution in [-0.4, -0.2) is 52.3 Å². The predicted octanol–water partition coefficient (Wildman–Crippen LogP) is 0.0499. The van der Waals surface area contributed by atoms with E-state index in [1.807, 2.05) is 0 Å². The highest BCUT2D eigenvalue weighted by molar-refractivity contribution is 5.79. The second kappa shape index (κ2) is 7.23. The van der Waals surface area contributed by atoms with Crippen LogP contribution in [0.2, 0.25) is 0 Å². The van der Waals surface area contributed by atoms with E-state index in [1.54, 1.807) is 18.5 Å². The lowest BCUT2D eigenvalue weighted by molar-refractivity contribution is -0.128. The Balaban J connectivity index is 1.46. The van der Waals surface area contributed by atoms with Crippen LogP contribution in [0.4, 0.5) is 5.95 Å². The summed E-state index contributed by atoms with van der Waals surface area (Å²) >= 11 is 0. The Labute approximate surface area is 136 Å². The Hall–Kier alpha value is -1.73. The van der Waals surface area contributed by atoms with Crippen molar-refractivity contribution < 1.29 is 9.90 Å². The molecule has 126 valence electrons. The molecule has 0 spiro atoms. The number of nitrogens with one attached hydrogen (secondary N) is 1. The van der Waals surface area contributed by atoms with E-state index in [9.17, 15) is 9.90 Å². The molecule has 1 saturated heterocycles. The third kappa shape index (κ3) is 3.97. The fourth-order valence-corrected chi connectivity index (χ4v) is 3.41. The summed E-state index contributed by atoms with van der Waals surface area (Å²) in [5, 5.41) is 13.0. The van der Waals surface area contributed by atoms with Crippen LogP contribution in [0.3, 0.4) is 0 Å². The largest absolute Gasteiger partial charge is 0.391 e. The number of carbonyl (C=O) groups excluding carboxylic acids is 1. The standard InChI is InChI=1S/C16H25N5O2/c17-13-3-2-11(10-14(13)22)15(23)20-12-4-8-21(9-5-12)16-18-6-1-7-19-16/h1,6-7,11-14,22H,2-5,8-10,17H2,(H,20,23)/t11-,13-,14-/m0/s1. The van der Waals surface area contributed by atoms with Gasteiger partial charge in [0.2, 0.25) is 11.9 Å². The van der Waals surface area contributed by atoms with Crippen LogP contribution >= 0.6 is 0 Å². The lowest BCUT2D eigenvalue weighted by Crippen LogP contribution is -2.49. The van der Waals surface area contributed by atoms with Crippen molar-refractivity contribution in [1.82, 2.24) is 15.3 Å². The minimum Gasteiger partial charge on any atom is -0.391 e. The fourth-order valence-electron chi connectivity index (χ4n) is 3.41. The highest BCUT2D eigenvalue weighted by Gasteiger charge is 2.32. The minimum atomic E-state index is -0.559. The molecule has 3 atom stereocenters. The van der Waals surface area contributed by atoms with E-state index >= 15 is 0 Å². The van der Waals surface area contributed by atoms with Crippen LogP contribution in [0.15, 0.2) is 18.5 Å². The third-order valence-corrected chi connectivity index (χ3v) is 4.92. The van der Waals surface area contributed by atoms with Gasteiger partial charge in [0.25, 0.3) is 0 Å². The van der Waals surface area contributed by atoms with Crippen molar-refractivity contribution in [3.8, 4) is 0 Å². The number of hydrogen-bond acceptors (Lipinski definition) is 6. The maximum atomic E-state index is 12.4. The molecule has 2 aliphatic rings. The number of hydrogen-bond donors (Lipinski definition) is 3. The van der Waals surface area contributed by atoms with Gasteiger partial charge >= 0.3 is 0 Å². The number of piperidine rings is 1. The van der Waals surface area contributed by atoms with E-state index < -0.39 is 6.10 Å². The molecule has 1 saturated carbocycles. The molecule has 7 nitrogen and oxygen atoms in total. The van der Waals surface area contributed by atoms with Gasteiger partial charge in [0, 0.05) is 43.5 Å². The van der Waals surface area contributed by atoms with Crippen molar-refractivity contribution in [2.24, 2.45) is 11.7 Å². The number of nitrogens with two attached hydrogens (primary N) is 1. The maximum absolute atomic E-state index is 12.4. The Kier molecular flexibility index (Phi) is 5.07. The summed E-state index contributed by atoms with van der Waals surface area (Å²) in [7, 11) is 0. The molecule has 7 heteroatoms. The van der Waals surface area contributed by atoms with E-state index in [2.05, 4.69) is 20.2 Å². The molecule has 1 amide bonds. The number of amides is 1. The Morgan fingerprint density at radius 3 is 2.57 bits per heavy atom. The average molecular weight is 319 g/mol. The molecule has 0 radical (unpaired) electrons. The molecule has 3 rings (SSSR count). The van der Waals surface area contributed by atoms with Gasteiger partial charge in [-0.3, -0.25) is 4.79 Å². The summed E-state index contributed by atoms with van der Waals surface area (Å²) in [4.78, 5) is 23.0. The first-order chi connectivity index (χ1) is 11.1. The zero-order valence-electron chi connectivity index (χ0n) is 13.3.